The summed E-state index contributed by atoms with van der Waals surface area (Å²) in [5.41, 5.74) is -0.330. The lowest BCUT2D eigenvalue weighted by Gasteiger charge is -2.43. The Bertz CT molecular complexity index is 1120. The van der Waals surface area contributed by atoms with Crippen LogP contribution in [0.3, 0.4) is 0 Å². The van der Waals surface area contributed by atoms with Crippen molar-refractivity contribution in [1.82, 2.24) is 0 Å². The zero-order chi connectivity index (χ0) is 26.1. The Balaban J connectivity index is 1.42. The molecule has 2 fully saturated rings. The monoisotopic (exact) mass is 512 g/mol. The summed E-state index contributed by atoms with van der Waals surface area (Å²) < 4.78 is 32.3. The minimum absolute atomic E-state index is 0.156. The van der Waals surface area contributed by atoms with Crippen LogP contribution < -0.4 is 10.4 Å². The van der Waals surface area contributed by atoms with Crippen LogP contribution in [0.15, 0.2) is 39.5 Å². The van der Waals surface area contributed by atoms with E-state index in [-0.39, 0.29) is 11.3 Å². The zero-order valence-electron chi connectivity index (χ0n) is 19.4. The third-order valence-electron chi connectivity index (χ3n) is 6.02. The summed E-state index contributed by atoms with van der Waals surface area (Å²) >= 11 is 0. The van der Waals surface area contributed by atoms with Crippen molar-refractivity contribution in [2.45, 2.75) is 75.3 Å². The second-order valence-corrected chi connectivity index (χ2v) is 8.68. The second kappa shape index (κ2) is 10.8. The molecule has 3 heterocycles. The van der Waals surface area contributed by atoms with Crippen molar-refractivity contribution >= 4 is 16.9 Å². The number of carbonyl (C=O) groups excluding carboxylic acids is 1. The fourth-order valence-electron chi connectivity index (χ4n) is 4.09. The number of hydrogen-bond acceptors (Lipinski definition) is 13. The molecule has 2 aliphatic heterocycles. The molecule has 1 aromatic heterocycles. The maximum Gasteiger partial charge on any atom is 0.336 e. The Morgan fingerprint density at radius 1 is 0.917 bits per heavy atom. The molecule has 13 nitrogen and oxygen atoms in total. The first-order valence-electron chi connectivity index (χ1n) is 11.3. The molecule has 0 radical (unpaired) electrons. The molecule has 0 saturated carbocycles. The first kappa shape index (κ1) is 26.4. The van der Waals surface area contributed by atoms with Gasteiger partial charge in [-0.1, -0.05) is 0 Å². The number of ether oxygens (including phenoxy) is 5. The molecule has 36 heavy (non-hydrogen) atoms. The Kier molecular flexibility index (Phi) is 7.92. The van der Waals surface area contributed by atoms with Gasteiger partial charge in [-0.2, -0.15) is 0 Å². The Morgan fingerprint density at radius 2 is 1.61 bits per heavy atom. The molecule has 198 valence electrons. The molecule has 2 saturated heterocycles. The third kappa shape index (κ3) is 5.53. The first-order chi connectivity index (χ1) is 17.0. The lowest BCUT2D eigenvalue weighted by molar-refractivity contribution is -0.319. The van der Waals surface area contributed by atoms with E-state index in [1.165, 1.54) is 25.1 Å². The molecule has 0 bridgehead atoms. The van der Waals surface area contributed by atoms with Gasteiger partial charge in [-0.05, 0) is 25.1 Å². The lowest BCUT2D eigenvalue weighted by Crippen LogP contribution is -2.62. The summed E-state index contributed by atoms with van der Waals surface area (Å²) in [6.07, 6.45) is -14.0. The van der Waals surface area contributed by atoms with Crippen LogP contribution >= 0.6 is 0 Å². The average molecular weight is 512 g/mol. The SMILES string of the molecule is CC(=O)O[C@@H]1[C@@H](O)[C@@H](O)[C@H](OC[C@H]2O[C@@H](Oc3ccc4ccc(=O)oc4c3)[C@H](O)[C@@H](O)[C@@H]2O)O[C@H]1C. The van der Waals surface area contributed by atoms with Crippen LogP contribution in [0.4, 0.5) is 0 Å². The van der Waals surface area contributed by atoms with E-state index >= 15 is 0 Å². The molecular weight excluding hydrogens is 484 g/mol. The number of rotatable bonds is 6. The Hall–Kier alpha value is -2.62. The molecule has 5 N–H and O–H groups in total. The van der Waals surface area contributed by atoms with Gasteiger partial charge in [0.05, 0.1) is 12.7 Å². The van der Waals surface area contributed by atoms with Crippen molar-refractivity contribution in [3.05, 3.63) is 40.8 Å². The molecule has 0 unspecified atom stereocenters. The predicted octanol–water partition coefficient (Wildman–Crippen LogP) is -1.61. The maximum atomic E-state index is 11.5. The van der Waals surface area contributed by atoms with Gasteiger partial charge in [-0.15, -0.1) is 0 Å². The van der Waals surface area contributed by atoms with E-state index in [1.54, 1.807) is 12.1 Å². The average Bonchev–Trinajstić information content (AvgIpc) is 2.83. The van der Waals surface area contributed by atoms with Crippen molar-refractivity contribution in [2.24, 2.45) is 0 Å². The molecule has 0 spiro atoms. The van der Waals surface area contributed by atoms with E-state index < -0.39 is 79.6 Å². The quantitative estimate of drug-likeness (QED) is 0.219. The normalized spacial score (nSPS) is 37.0. The smallest absolute Gasteiger partial charge is 0.336 e. The summed E-state index contributed by atoms with van der Waals surface area (Å²) in [4.78, 5) is 22.7. The molecule has 2 aromatic rings. The van der Waals surface area contributed by atoms with Gasteiger partial charge in [0.15, 0.2) is 12.4 Å². The molecular formula is C23H28O13. The zero-order valence-corrected chi connectivity index (χ0v) is 19.4. The summed E-state index contributed by atoms with van der Waals surface area (Å²) in [7, 11) is 0. The fraction of sp³-hybridized carbons (Fsp3) is 0.565. The minimum Gasteiger partial charge on any atom is -0.462 e. The minimum atomic E-state index is -1.68. The molecule has 4 rings (SSSR count). The van der Waals surface area contributed by atoms with E-state index in [9.17, 15) is 35.1 Å². The topological polar surface area (TPSA) is 195 Å². The van der Waals surface area contributed by atoms with Crippen molar-refractivity contribution in [3.63, 3.8) is 0 Å². The number of benzene rings is 1. The van der Waals surface area contributed by atoms with Crippen molar-refractivity contribution in [1.29, 1.82) is 0 Å². The van der Waals surface area contributed by atoms with Gasteiger partial charge in [-0.25, -0.2) is 4.79 Å². The van der Waals surface area contributed by atoms with Gasteiger partial charge in [0.2, 0.25) is 6.29 Å². The van der Waals surface area contributed by atoms with Gasteiger partial charge >= 0.3 is 11.6 Å². The van der Waals surface area contributed by atoms with Gasteiger partial charge in [0.1, 0.15) is 48.0 Å². The van der Waals surface area contributed by atoms with E-state index in [4.69, 9.17) is 28.1 Å². The Labute approximate surface area is 204 Å². The van der Waals surface area contributed by atoms with Gasteiger partial charge in [0.25, 0.3) is 0 Å². The summed E-state index contributed by atoms with van der Waals surface area (Å²) in [6.45, 7) is 2.24. The fourth-order valence-corrected chi connectivity index (χ4v) is 4.09. The molecule has 0 aliphatic carbocycles. The largest absolute Gasteiger partial charge is 0.462 e. The standard InChI is InChI=1S/C23H28O13/c1-9-21(33-10(2)24)18(28)20(30)22(32-9)31-8-14-16(26)17(27)19(29)23(36-14)34-12-5-3-11-4-6-15(25)35-13(11)7-12/h3-7,9,14,16-23,26-30H,8H2,1-2H3/t9-,14+,16+,17-,18-,19+,20+,21-,22+,23+/m0/s1. The van der Waals surface area contributed by atoms with Gasteiger partial charge < -0.3 is 53.6 Å². The molecule has 1 aromatic carbocycles. The highest BCUT2D eigenvalue weighted by Gasteiger charge is 2.48. The van der Waals surface area contributed by atoms with E-state index in [0.29, 0.717) is 5.39 Å². The number of aliphatic hydroxyl groups is 5. The van der Waals surface area contributed by atoms with E-state index in [2.05, 4.69) is 0 Å². The highest BCUT2D eigenvalue weighted by Crippen LogP contribution is 2.29. The van der Waals surface area contributed by atoms with E-state index in [1.807, 2.05) is 0 Å². The summed E-state index contributed by atoms with van der Waals surface area (Å²) in [5, 5.41) is 52.3. The van der Waals surface area contributed by atoms with Crippen LogP contribution in [0.1, 0.15) is 13.8 Å². The highest BCUT2D eigenvalue weighted by molar-refractivity contribution is 5.77. The van der Waals surface area contributed by atoms with Gasteiger partial charge in [0, 0.05) is 24.4 Å². The maximum absolute atomic E-state index is 11.5. The lowest BCUT2D eigenvalue weighted by atomic mass is 9.98. The number of hydrogen-bond donors (Lipinski definition) is 5. The number of aliphatic hydroxyl groups excluding tert-OH is 5. The molecule has 13 heteroatoms. The van der Waals surface area contributed by atoms with Crippen LogP contribution in [-0.2, 0) is 23.7 Å². The van der Waals surface area contributed by atoms with Crippen molar-refractivity contribution in [3.8, 4) is 5.75 Å². The first-order valence-corrected chi connectivity index (χ1v) is 11.3. The van der Waals surface area contributed by atoms with E-state index in [0.717, 1.165) is 6.92 Å². The summed E-state index contributed by atoms with van der Waals surface area (Å²) in [5.74, 6) is -0.504. The number of carbonyl (C=O) groups is 1. The number of fused-ring (bicyclic) bond motifs is 1. The molecule has 0 amide bonds. The predicted molar refractivity (Wildman–Crippen MR) is 118 cm³/mol. The Morgan fingerprint density at radius 3 is 2.33 bits per heavy atom. The van der Waals surface area contributed by atoms with Crippen LogP contribution in [0.5, 0.6) is 5.75 Å². The van der Waals surface area contributed by atoms with Crippen LogP contribution in [0, 0.1) is 0 Å². The molecule has 10 atom stereocenters. The molecule has 2 aliphatic rings. The van der Waals surface area contributed by atoms with Crippen molar-refractivity contribution < 1.29 is 58.4 Å². The van der Waals surface area contributed by atoms with Crippen LogP contribution in [0.2, 0.25) is 0 Å². The number of esters is 1. The second-order valence-electron chi connectivity index (χ2n) is 8.68. The summed E-state index contributed by atoms with van der Waals surface area (Å²) in [6, 6.07) is 7.40. The highest BCUT2D eigenvalue weighted by atomic mass is 16.7. The van der Waals surface area contributed by atoms with Crippen molar-refractivity contribution in [2.75, 3.05) is 6.61 Å². The van der Waals surface area contributed by atoms with Gasteiger partial charge in [-0.3, -0.25) is 4.79 Å². The van der Waals surface area contributed by atoms with Crippen LogP contribution in [0.25, 0.3) is 11.0 Å². The third-order valence-corrected chi connectivity index (χ3v) is 6.02. The van der Waals surface area contributed by atoms with Crippen LogP contribution in [-0.4, -0.2) is 99.5 Å².